The third kappa shape index (κ3) is 2.77. The number of furan rings is 1. The summed E-state index contributed by atoms with van der Waals surface area (Å²) in [6, 6.07) is 7.63. The minimum atomic E-state index is -0.393. The number of nitrogens with two attached hydrogens (primary N) is 1. The molecule has 0 fully saturated rings. The summed E-state index contributed by atoms with van der Waals surface area (Å²) in [5.41, 5.74) is 3.73. The van der Waals surface area contributed by atoms with Crippen molar-refractivity contribution in [1.29, 1.82) is 0 Å². The molecule has 5 nitrogen and oxygen atoms in total. The van der Waals surface area contributed by atoms with E-state index >= 15 is 0 Å². The Morgan fingerprint density at radius 2 is 2.16 bits per heavy atom. The molecule has 0 bridgehead atoms. The Morgan fingerprint density at radius 3 is 2.84 bits per heavy atom. The molecule has 0 saturated carbocycles. The number of carbonyl (C=O) groups excluding carboxylic acids is 1. The van der Waals surface area contributed by atoms with Crippen molar-refractivity contribution in [1.82, 2.24) is 10.3 Å². The van der Waals surface area contributed by atoms with Crippen molar-refractivity contribution in [3.8, 4) is 0 Å². The molecule has 0 aliphatic heterocycles. The smallest absolute Gasteiger partial charge is 0.301 e. The number of hydrazine groups is 1. The fourth-order valence-electron chi connectivity index (χ4n) is 2.24. The lowest BCUT2D eigenvalue weighted by atomic mass is 10.1. The molecule has 0 saturated heterocycles. The number of hydrogen-bond donors (Lipinski definition) is 2. The van der Waals surface area contributed by atoms with Crippen LogP contribution >= 0.6 is 0 Å². The van der Waals surface area contributed by atoms with Gasteiger partial charge in [-0.05, 0) is 26.1 Å². The SMILES string of the molecule is CCCN(C)Cc1c(C(=O)NN)oc2ccccc12. The fraction of sp³-hybridized carbons (Fsp3) is 0.357. The maximum atomic E-state index is 11.8. The summed E-state index contributed by atoms with van der Waals surface area (Å²) in [6.07, 6.45) is 1.06. The highest BCUT2D eigenvalue weighted by Crippen LogP contribution is 2.26. The Balaban J connectivity index is 2.45. The summed E-state index contributed by atoms with van der Waals surface area (Å²) >= 11 is 0. The van der Waals surface area contributed by atoms with Crippen LogP contribution in [0, 0.1) is 0 Å². The van der Waals surface area contributed by atoms with Crippen LogP contribution in [0.3, 0.4) is 0 Å². The number of amides is 1. The Bertz CT molecular complexity index is 577. The Morgan fingerprint density at radius 1 is 1.42 bits per heavy atom. The van der Waals surface area contributed by atoms with E-state index in [2.05, 4.69) is 17.2 Å². The average Bonchev–Trinajstić information content (AvgIpc) is 2.77. The summed E-state index contributed by atoms with van der Waals surface area (Å²) in [7, 11) is 2.02. The van der Waals surface area contributed by atoms with Crippen molar-refractivity contribution >= 4 is 16.9 Å². The van der Waals surface area contributed by atoms with E-state index in [0.717, 1.165) is 23.9 Å². The zero-order chi connectivity index (χ0) is 13.8. The van der Waals surface area contributed by atoms with Crippen LogP contribution in [0.15, 0.2) is 28.7 Å². The van der Waals surface area contributed by atoms with E-state index in [9.17, 15) is 4.79 Å². The predicted octanol–water partition coefficient (Wildman–Crippen LogP) is 1.88. The minimum Gasteiger partial charge on any atom is -0.451 e. The van der Waals surface area contributed by atoms with Crippen LogP contribution in [0.25, 0.3) is 11.0 Å². The number of nitrogens with zero attached hydrogens (tertiary/aromatic N) is 1. The molecule has 2 rings (SSSR count). The van der Waals surface area contributed by atoms with Crippen LogP contribution in [0.1, 0.15) is 29.5 Å². The molecule has 1 amide bonds. The summed E-state index contributed by atoms with van der Waals surface area (Å²) < 4.78 is 5.61. The number of nitrogens with one attached hydrogen (secondary N) is 1. The van der Waals surface area contributed by atoms with Crippen molar-refractivity contribution in [3.05, 3.63) is 35.6 Å². The van der Waals surface area contributed by atoms with Crippen LogP contribution in [-0.2, 0) is 6.54 Å². The molecule has 0 spiro atoms. The number of para-hydroxylation sites is 1. The third-order valence-electron chi connectivity index (χ3n) is 3.07. The average molecular weight is 261 g/mol. The van der Waals surface area contributed by atoms with Gasteiger partial charge >= 0.3 is 5.91 Å². The molecule has 19 heavy (non-hydrogen) atoms. The van der Waals surface area contributed by atoms with Gasteiger partial charge in [0.15, 0.2) is 5.76 Å². The fourth-order valence-corrected chi connectivity index (χ4v) is 2.24. The minimum absolute atomic E-state index is 0.298. The van der Waals surface area contributed by atoms with Crippen molar-refractivity contribution in [2.75, 3.05) is 13.6 Å². The molecule has 0 atom stereocenters. The van der Waals surface area contributed by atoms with Crippen molar-refractivity contribution in [2.24, 2.45) is 5.84 Å². The van der Waals surface area contributed by atoms with Gasteiger partial charge in [0.1, 0.15) is 5.58 Å². The van der Waals surface area contributed by atoms with Gasteiger partial charge in [-0.3, -0.25) is 10.2 Å². The second kappa shape index (κ2) is 5.86. The topological polar surface area (TPSA) is 71.5 Å². The monoisotopic (exact) mass is 261 g/mol. The first-order valence-electron chi connectivity index (χ1n) is 6.37. The predicted molar refractivity (Wildman–Crippen MR) is 74.5 cm³/mol. The molecule has 1 aromatic carbocycles. The molecule has 2 aromatic rings. The Kier molecular flexibility index (Phi) is 4.19. The number of rotatable bonds is 5. The largest absolute Gasteiger partial charge is 0.451 e. The summed E-state index contributed by atoms with van der Waals surface area (Å²) in [6.45, 7) is 3.74. The van der Waals surface area contributed by atoms with Crippen LogP contribution in [-0.4, -0.2) is 24.4 Å². The quantitative estimate of drug-likeness (QED) is 0.490. The van der Waals surface area contributed by atoms with E-state index < -0.39 is 5.91 Å². The first-order chi connectivity index (χ1) is 9.17. The molecular weight excluding hydrogens is 242 g/mol. The number of carbonyl (C=O) groups is 1. The van der Waals surface area contributed by atoms with E-state index in [1.54, 1.807) is 0 Å². The first kappa shape index (κ1) is 13.6. The lowest BCUT2D eigenvalue weighted by Gasteiger charge is -2.15. The second-order valence-electron chi connectivity index (χ2n) is 4.62. The maximum absolute atomic E-state index is 11.8. The standard InChI is InChI=1S/C14H19N3O2/c1-3-8-17(2)9-11-10-6-4-5-7-12(10)19-13(11)14(18)16-15/h4-7H,3,8-9,15H2,1-2H3,(H,16,18). The Labute approximate surface area is 112 Å². The van der Waals surface area contributed by atoms with Crippen LogP contribution in [0.5, 0.6) is 0 Å². The van der Waals surface area contributed by atoms with Crippen LogP contribution in [0.2, 0.25) is 0 Å². The van der Waals surface area contributed by atoms with Crippen molar-refractivity contribution < 1.29 is 9.21 Å². The lowest BCUT2D eigenvalue weighted by molar-refractivity contribution is 0.0925. The van der Waals surface area contributed by atoms with Gasteiger partial charge in [0, 0.05) is 17.5 Å². The van der Waals surface area contributed by atoms with Gasteiger partial charge in [0.2, 0.25) is 0 Å². The highest BCUT2D eigenvalue weighted by molar-refractivity contribution is 5.98. The molecule has 1 heterocycles. The lowest BCUT2D eigenvalue weighted by Crippen LogP contribution is -2.31. The van der Waals surface area contributed by atoms with Gasteiger partial charge in [-0.1, -0.05) is 25.1 Å². The van der Waals surface area contributed by atoms with Crippen LogP contribution in [0.4, 0.5) is 0 Å². The Hall–Kier alpha value is -1.85. The third-order valence-corrected chi connectivity index (χ3v) is 3.07. The van der Waals surface area contributed by atoms with Gasteiger partial charge in [-0.25, -0.2) is 5.84 Å². The summed E-state index contributed by atoms with van der Waals surface area (Å²) in [5.74, 6) is 5.12. The van der Waals surface area contributed by atoms with Crippen molar-refractivity contribution in [3.63, 3.8) is 0 Å². The molecule has 0 aliphatic carbocycles. The molecular formula is C14H19N3O2. The summed E-state index contributed by atoms with van der Waals surface area (Å²) in [4.78, 5) is 14.0. The molecule has 102 valence electrons. The zero-order valence-electron chi connectivity index (χ0n) is 11.3. The number of benzene rings is 1. The summed E-state index contributed by atoms with van der Waals surface area (Å²) in [5, 5.41) is 0.962. The highest BCUT2D eigenvalue weighted by atomic mass is 16.3. The highest BCUT2D eigenvalue weighted by Gasteiger charge is 2.20. The number of nitrogen functional groups attached to an aromatic ring is 1. The van der Waals surface area contributed by atoms with Crippen LogP contribution < -0.4 is 11.3 Å². The van der Waals surface area contributed by atoms with Gasteiger partial charge in [-0.2, -0.15) is 0 Å². The molecule has 0 aliphatic rings. The number of fused-ring (bicyclic) bond motifs is 1. The normalized spacial score (nSPS) is 11.2. The molecule has 1 aromatic heterocycles. The molecule has 0 radical (unpaired) electrons. The molecule has 5 heteroatoms. The second-order valence-corrected chi connectivity index (χ2v) is 4.62. The van der Waals surface area contributed by atoms with E-state index in [0.29, 0.717) is 17.9 Å². The van der Waals surface area contributed by atoms with E-state index in [1.807, 2.05) is 31.3 Å². The van der Waals surface area contributed by atoms with Crippen molar-refractivity contribution in [2.45, 2.75) is 19.9 Å². The molecule has 0 unspecified atom stereocenters. The first-order valence-corrected chi connectivity index (χ1v) is 6.37. The zero-order valence-corrected chi connectivity index (χ0v) is 11.3. The van der Waals surface area contributed by atoms with Gasteiger partial charge in [0.05, 0.1) is 0 Å². The number of hydrogen-bond acceptors (Lipinski definition) is 4. The molecule has 3 N–H and O–H groups in total. The van der Waals surface area contributed by atoms with Gasteiger partial charge < -0.3 is 9.32 Å². The van der Waals surface area contributed by atoms with Gasteiger partial charge in [0.25, 0.3) is 0 Å². The van der Waals surface area contributed by atoms with E-state index in [-0.39, 0.29) is 0 Å². The van der Waals surface area contributed by atoms with E-state index in [4.69, 9.17) is 10.3 Å². The van der Waals surface area contributed by atoms with Gasteiger partial charge in [-0.15, -0.1) is 0 Å². The maximum Gasteiger partial charge on any atom is 0.301 e. The van der Waals surface area contributed by atoms with E-state index in [1.165, 1.54) is 0 Å².